The lowest BCUT2D eigenvalue weighted by molar-refractivity contribution is -0.145. The van der Waals surface area contributed by atoms with Crippen LogP contribution in [0.15, 0.2) is 83.3 Å². The molecule has 0 radical (unpaired) electrons. The third-order valence-electron chi connectivity index (χ3n) is 5.09. The van der Waals surface area contributed by atoms with Crippen LogP contribution in [0.5, 0.6) is 11.5 Å². The second-order valence-corrected chi connectivity index (χ2v) is 7.57. The summed E-state index contributed by atoms with van der Waals surface area (Å²) in [6.45, 7) is 2.78. The molecule has 0 bridgehead atoms. The highest BCUT2D eigenvalue weighted by Gasteiger charge is 2.20. The first-order valence-corrected chi connectivity index (χ1v) is 10.9. The number of carbonyl (C=O) groups is 1. The molecule has 0 saturated heterocycles. The van der Waals surface area contributed by atoms with Gasteiger partial charge in [-0.2, -0.15) is 0 Å². The molecule has 0 spiro atoms. The Bertz CT molecular complexity index is 1160. The van der Waals surface area contributed by atoms with Crippen LogP contribution in [0.1, 0.15) is 30.9 Å². The summed E-state index contributed by atoms with van der Waals surface area (Å²) in [5.74, 6) is 0.776. The molecule has 2 N–H and O–H groups in total. The minimum atomic E-state index is -0.972. The van der Waals surface area contributed by atoms with Crippen molar-refractivity contribution >= 4 is 17.1 Å². The molecule has 1 aromatic heterocycles. The quantitative estimate of drug-likeness (QED) is 0.336. The maximum Gasteiger partial charge on any atom is 0.344 e. The first-order valence-electron chi connectivity index (χ1n) is 10.9. The molecule has 4 aromatic rings. The molecule has 2 atom stereocenters. The van der Waals surface area contributed by atoms with E-state index in [2.05, 4.69) is 10.3 Å². The number of oxazole rings is 1. The van der Waals surface area contributed by atoms with Gasteiger partial charge >= 0.3 is 5.97 Å². The molecule has 0 aliphatic heterocycles. The van der Waals surface area contributed by atoms with E-state index in [-0.39, 0.29) is 0 Å². The summed E-state index contributed by atoms with van der Waals surface area (Å²) in [7, 11) is 0. The van der Waals surface area contributed by atoms with Crippen LogP contribution >= 0.6 is 0 Å². The smallest absolute Gasteiger partial charge is 0.344 e. The van der Waals surface area contributed by atoms with Crippen LogP contribution in [0.4, 0.5) is 0 Å². The van der Waals surface area contributed by atoms with Gasteiger partial charge in [0.2, 0.25) is 5.89 Å². The molecule has 3 aromatic carbocycles. The Morgan fingerprint density at radius 2 is 1.76 bits per heavy atom. The predicted molar refractivity (Wildman–Crippen MR) is 124 cm³/mol. The second-order valence-electron chi connectivity index (χ2n) is 7.57. The number of aliphatic carboxylic acids is 1. The van der Waals surface area contributed by atoms with Crippen molar-refractivity contribution in [2.24, 2.45) is 0 Å². The van der Waals surface area contributed by atoms with Gasteiger partial charge in [-0.1, -0.05) is 49.4 Å². The number of aromatic nitrogens is 1. The molecule has 7 nitrogen and oxygen atoms in total. The molecule has 2 unspecified atom stereocenters. The summed E-state index contributed by atoms with van der Waals surface area (Å²) in [6, 6.07) is 24.6. The van der Waals surface area contributed by atoms with Gasteiger partial charge in [0, 0.05) is 13.1 Å². The highest BCUT2D eigenvalue weighted by molar-refractivity contribution is 5.73. The van der Waals surface area contributed by atoms with Gasteiger partial charge in [-0.3, -0.25) is 0 Å². The largest absolute Gasteiger partial charge is 0.479 e. The first kappa shape index (κ1) is 22.4. The van der Waals surface area contributed by atoms with Crippen molar-refractivity contribution in [2.45, 2.75) is 32.1 Å². The fourth-order valence-electron chi connectivity index (χ4n) is 3.42. The average molecular weight is 447 g/mol. The van der Waals surface area contributed by atoms with E-state index in [9.17, 15) is 9.90 Å². The van der Waals surface area contributed by atoms with Crippen molar-refractivity contribution in [1.29, 1.82) is 0 Å². The van der Waals surface area contributed by atoms with Crippen molar-refractivity contribution in [3.63, 3.8) is 0 Å². The molecule has 0 fully saturated rings. The number of rotatable bonds is 11. The van der Waals surface area contributed by atoms with E-state index in [0.717, 1.165) is 16.8 Å². The van der Waals surface area contributed by atoms with Gasteiger partial charge in [0.1, 0.15) is 17.0 Å². The predicted octanol–water partition coefficient (Wildman–Crippen LogP) is 4.98. The third kappa shape index (κ3) is 5.90. The zero-order valence-electron chi connectivity index (χ0n) is 18.3. The lowest BCUT2D eigenvalue weighted by Crippen LogP contribution is -2.26. The average Bonchev–Trinajstić information content (AvgIpc) is 3.27. The number of carboxylic acid groups (broad SMARTS) is 1. The summed E-state index contributed by atoms with van der Waals surface area (Å²) in [4.78, 5) is 15.9. The van der Waals surface area contributed by atoms with Crippen molar-refractivity contribution in [2.75, 3.05) is 6.54 Å². The number of benzene rings is 3. The number of hydrogen-bond acceptors (Lipinski definition) is 6. The maximum atomic E-state index is 11.3. The maximum absolute atomic E-state index is 11.3. The number of nitrogens with one attached hydrogen (secondary N) is 1. The molecule has 33 heavy (non-hydrogen) atoms. The van der Waals surface area contributed by atoms with Crippen molar-refractivity contribution < 1.29 is 23.8 Å². The van der Waals surface area contributed by atoms with Crippen LogP contribution in [0, 0.1) is 0 Å². The van der Waals surface area contributed by atoms with Crippen LogP contribution in [0.2, 0.25) is 0 Å². The van der Waals surface area contributed by atoms with E-state index in [0.29, 0.717) is 36.7 Å². The van der Waals surface area contributed by atoms with Crippen molar-refractivity contribution in [3.05, 3.63) is 90.3 Å². The Balaban J connectivity index is 1.45. The summed E-state index contributed by atoms with van der Waals surface area (Å²) >= 11 is 0. The van der Waals surface area contributed by atoms with Crippen LogP contribution in [0.25, 0.3) is 11.1 Å². The minimum absolute atomic E-state index is 0.390. The number of fused-ring (bicyclic) bond motifs is 1. The van der Waals surface area contributed by atoms with E-state index in [4.69, 9.17) is 13.9 Å². The van der Waals surface area contributed by atoms with Gasteiger partial charge in [0.05, 0.1) is 0 Å². The lowest BCUT2D eigenvalue weighted by Gasteiger charge is -2.17. The lowest BCUT2D eigenvalue weighted by atomic mass is 10.2. The molecule has 1 heterocycles. The molecular formula is C26H26N2O5. The zero-order valence-corrected chi connectivity index (χ0v) is 18.3. The Morgan fingerprint density at radius 3 is 2.52 bits per heavy atom. The summed E-state index contributed by atoms with van der Waals surface area (Å²) in [5, 5.41) is 12.6. The van der Waals surface area contributed by atoms with E-state index in [1.807, 2.05) is 72.8 Å². The molecule has 0 aliphatic rings. The molecule has 0 amide bonds. The van der Waals surface area contributed by atoms with Crippen molar-refractivity contribution in [1.82, 2.24) is 10.3 Å². The normalized spacial score (nSPS) is 12.9. The number of para-hydroxylation sites is 3. The van der Waals surface area contributed by atoms with Gasteiger partial charge in [0.25, 0.3) is 0 Å². The van der Waals surface area contributed by atoms with E-state index in [1.165, 1.54) is 0 Å². The highest BCUT2D eigenvalue weighted by atomic mass is 16.5. The van der Waals surface area contributed by atoms with E-state index < -0.39 is 18.2 Å². The number of hydrogen-bond donors (Lipinski definition) is 2. The fraction of sp³-hybridized carbons (Fsp3) is 0.231. The van der Waals surface area contributed by atoms with Crippen LogP contribution in [0.3, 0.4) is 0 Å². The van der Waals surface area contributed by atoms with Gasteiger partial charge < -0.3 is 24.3 Å². The van der Waals surface area contributed by atoms with E-state index >= 15 is 0 Å². The van der Waals surface area contributed by atoms with Gasteiger partial charge in [-0.05, 0) is 48.4 Å². The third-order valence-corrected chi connectivity index (χ3v) is 5.09. The molecule has 0 saturated carbocycles. The van der Waals surface area contributed by atoms with Gasteiger partial charge in [0.15, 0.2) is 17.8 Å². The molecule has 4 rings (SSSR count). The Hall–Kier alpha value is -3.84. The standard InChI is InChI=1S/C26H26N2O5/c1-2-22(26(29)30)32-20-12-8-9-18(15-20)16-27-17-24(31-19-10-4-3-5-11-19)25-28-21-13-6-7-14-23(21)33-25/h3-15,22,24,27H,2,16-17H2,1H3,(H,29,30). The zero-order chi connectivity index (χ0) is 23.0. The SMILES string of the molecule is CCC(Oc1cccc(CNCC(Oc2ccccc2)c2nc3ccccc3o2)c1)C(=O)O. The van der Waals surface area contributed by atoms with Crippen LogP contribution in [-0.4, -0.2) is 28.7 Å². The van der Waals surface area contributed by atoms with Crippen LogP contribution in [-0.2, 0) is 11.3 Å². The summed E-state index contributed by atoms with van der Waals surface area (Å²) < 4.78 is 17.7. The van der Waals surface area contributed by atoms with Gasteiger partial charge in [-0.15, -0.1) is 0 Å². The summed E-state index contributed by atoms with van der Waals surface area (Å²) in [6.07, 6.45) is -0.910. The monoisotopic (exact) mass is 446 g/mol. The molecular weight excluding hydrogens is 420 g/mol. The Morgan fingerprint density at radius 1 is 1.00 bits per heavy atom. The highest BCUT2D eigenvalue weighted by Crippen LogP contribution is 2.25. The van der Waals surface area contributed by atoms with Gasteiger partial charge in [-0.25, -0.2) is 9.78 Å². The fourth-order valence-corrected chi connectivity index (χ4v) is 3.42. The summed E-state index contributed by atoms with van der Waals surface area (Å²) in [5.41, 5.74) is 2.45. The Kier molecular flexibility index (Phi) is 7.22. The van der Waals surface area contributed by atoms with Crippen molar-refractivity contribution in [3.8, 4) is 11.5 Å². The molecule has 0 aliphatic carbocycles. The number of nitrogens with zero attached hydrogens (tertiary/aromatic N) is 1. The minimum Gasteiger partial charge on any atom is -0.479 e. The second kappa shape index (κ2) is 10.7. The topological polar surface area (TPSA) is 93.8 Å². The van der Waals surface area contributed by atoms with E-state index in [1.54, 1.807) is 13.0 Å². The van der Waals surface area contributed by atoms with Crippen LogP contribution < -0.4 is 14.8 Å². The number of ether oxygens (including phenoxy) is 2. The first-order chi connectivity index (χ1) is 16.1. The molecule has 7 heteroatoms. The molecule has 170 valence electrons. The Labute approximate surface area is 192 Å². The number of carboxylic acids is 1.